The van der Waals surface area contributed by atoms with Gasteiger partial charge < -0.3 is 14.0 Å². The van der Waals surface area contributed by atoms with Gasteiger partial charge in [0.05, 0.1) is 29.8 Å². The molecule has 3 aromatic rings. The van der Waals surface area contributed by atoms with Gasteiger partial charge in [-0.2, -0.15) is 0 Å². The first-order chi connectivity index (χ1) is 13.0. The van der Waals surface area contributed by atoms with Gasteiger partial charge in [0.15, 0.2) is 0 Å². The van der Waals surface area contributed by atoms with E-state index < -0.39 is 0 Å². The maximum atomic E-state index is 13.1. The molecule has 0 atom stereocenters. The topological polar surface area (TPSA) is 53.4 Å². The minimum atomic E-state index is -0.0305. The maximum Gasteiger partial charge on any atom is 0.260 e. The number of methoxy groups -OCH3 is 1. The molecule has 0 saturated carbocycles. The third kappa shape index (κ3) is 4.14. The molecule has 144 valence electrons. The monoisotopic (exact) mass is 368 g/mol. The van der Waals surface area contributed by atoms with Crippen LogP contribution in [0.1, 0.15) is 32.4 Å². The van der Waals surface area contributed by atoms with Crippen molar-refractivity contribution in [3.63, 3.8) is 0 Å². The number of hydrogen-bond acceptors (Lipinski definition) is 4. The van der Waals surface area contributed by atoms with Gasteiger partial charge in [-0.25, -0.2) is 0 Å². The molecule has 5 nitrogen and oxygen atoms in total. The lowest BCUT2D eigenvalue weighted by atomic mass is 10.1. The maximum absolute atomic E-state index is 13.1. The van der Waals surface area contributed by atoms with Crippen LogP contribution in [0.25, 0.3) is 21.7 Å². The average molecular weight is 368 g/mol. The largest absolute Gasteiger partial charge is 0.494 e. The van der Waals surface area contributed by atoms with Crippen LogP contribution in [-0.4, -0.2) is 29.9 Å². The summed E-state index contributed by atoms with van der Waals surface area (Å²) in [5, 5.41) is 2.63. The zero-order valence-electron chi connectivity index (χ0n) is 16.6. The third-order valence-corrected chi connectivity index (χ3v) is 4.86. The lowest BCUT2D eigenvalue weighted by Crippen LogP contribution is -2.23. The van der Waals surface area contributed by atoms with E-state index in [-0.39, 0.29) is 5.56 Å². The van der Waals surface area contributed by atoms with Gasteiger partial charge in [0.25, 0.3) is 5.56 Å². The zero-order chi connectivity index (χ0) is 19.4. The predicted molar refractivity (Wildman–Crippen MR) is 110 cm³/mol. The van der Waals surface area contributed by atoms with Crippen molar-refractivity contribution < 1.29 is 9.47 Å². The summed E-state index contributed by atoms with van der Waals surface area (Å²) in [6, 6.07) is 7.91. The Morgan fingerprint density at radius 1 is 1.15 bits per heavy atom. The SMILES string of the molecule is COCCn1c(=O)c2c(C)nccc2c2ccc(OCCCC(C)C)cc21. The molecule has 0 aliphatic carbocycles. The quantitative estimate of drug-likeness (QED) is 0.439. The molecule has 0 bridgehead atoms. The fourth-order valence-electron chi connectivity index (χ4n) is 3.44. The second kappa shape index (κ2) is 8.53. The van der Waals surface area contributed by atoms with Crippen LogP contribution >= 0.6 is 0 Å². The fourth-order valence-corrected chi connectivity index (χ4v) is 3.44. The lowest BCUT2D eigenvalue weighted by Gasteiger charge is -2.15. The predicted octanol–water partition coefficient (Wildman–Crippen LogP) is 4.32. The van der Waals surface area contributed by atoms with E-state index in [1.54, 1.807) is 17.9 Å². The van der Waals surface area contributed by atoms with E-state index in [1.165, 1.54) is 0 Å². The van der Waals surface area contributed by atoms with Gasteiger partial charge in [0.1, 0.15) is 5.75 Å². The van der Waals surface area contributed by atoms with Gasteiger partial charge in [0, 0.05) is 31.3 Å². The Labute approximate surface area is 159 Å². The van der Waals surface area contributed by atoms with E-state index in [4.69, 9.17) is 9.47 Å². The van der Waals surface area contributed by atoms with Gasteiger partial charge >= 0.3 is 0 Å². The molecular weight excluding hydrogens is 340 g/mol. The summed E-state index contributed by atoms with van der Waals surface area (Å²) in [6.07, 6.45) is 3.92. The number of fused-ring (bicyclic) bond motifs is 3. The van der Waals surface area contributed by atoms with Gasteiger partial charge in [-0.1, -0.05) is 13.8 Å². The Bertz CT molecular complexity index is 992. The van der Waals surface area contributed by atoms with Crippen molar-refractivity contribution in [2.75, 3.05) is 20.3 Å². The highest BCUT2D eigenvalue weighted by Gasteiger charge is 2.14. The third-order valence-electron chi connectivity index (χ3n) is 4.86. The van der Waals surface area contributed by atoms with Crippen molar-refractivity contribution in [2.24, 2.45) is 5.92 Å². The summed E-state index contributed by atoms with van der Waals surface area (Å²) in [7, 11) is 1.64. The zero-order valence-corrected chi connectivity index (χ0v) is 16.6. The molecule has 0 aliphatic heterocycles. The normalized spacial score (nSPS) is 11.6. The van der Waals surface area contributed by atoms with E-state index in [0.717, 1.165) is 40.6 Å². The van der Waals surface area contributed by atoms with E-state index in [2.05, 4.69) is 18.8 Å². The second-order valence-electron chi connectivity index (χ2n) is 7.33. The summed E-state index contributed by atoms with van der Waals surface area (Å²) >= 11 is 0. The standard InChI is InChI=1S/C22H28N2O3/c1-15(2)6-5-12-27-17-7-8-18-19-9-10-23-16(3)21(19)22(25)24(11-13-26-4)20(18)14-17/h7-10,14-15H,5-6,11-13H2,1-4H3. The number of rotatable bonds is 8. The number of ether oxygens (including phenoxy) is 2. The fraction of sp³-hybridized carbons (Fsp3) is 0.455. The highest BCUT2D eigenvalue weighted by atomic mass is 16.5. The molecule has 0 amide bonds. The lowest BCUT2D eigenvalue weighted by molar-refractivity contribution is 0.187. The Morgan fingerprint density at radius 3 is 2.70 bits per heavy atom. The number of aryl methyl sites for hydroxylation is 1. The molecule has 0 radical (unpaired) electrons. The first-order valence-corrected chi connectivity index (χ1v) is 9.56. The molecule has 0 unspecified atom stereocenters. The van der Waals surface area contributed by atoms with Gasteiger partial charge in [-0.3, -0.25) is 9.78 Å². The summed E-state index contributed by atoms with van der Waals surface area (Å²) in [5.41, 5.74) is 1.59. The molecule has 0 saturated heterocycles. The molecular formula is C22H28N2O3. The number of aromatic nitrogens is 2. The van der Waals surface area contributed by atoms with E-state index >= 15 is 0 Å². The summed E-state index contributed by atoms with van der Waals surface area (Å²) in [4.78, 5) is 17.5. The molecule has 2 heterocycles. The minimum absolute atomic E-state index is 0.0305. The molecule has 0 aliphatic rings. The summed E-state index contributed by atoms with van der Waals surface area (Å²) in [6.45, 7) is 7.95. The van der Waals surface area contributed by atoms with Crippen molar-refractivity contribution in [3.8, 4) is 5.75 Å². The van der Waals surface area contributed by atoms with Crippen LogP contribution in [0, 0.1) is 12.8 Å². The Hall–Kier alpha value is -2.40. The number of nitrogens with zero attached hydrogens (tertiary/aromatic N) is 2. The second-order valence-corrected chi connectivity index (χ2v) is 7.33. The Kier molecular flexibility index (Phi) is 6.11. The Balaban J connectivity index is 2.08. The van der Waals surface area contributed by atoms with E-state index in [0.29, 0.717) is 31.1 Å². The molecule has 2 aromatic heterocycles. The molecule has 27 heavy (non-hydrogen) atoms. The molecule has 1 aromatic carbocycles. The van der Waals surface area contributed by atoms with Gasteiger partial charge in [-0.15, -0.1) is 0 Å². The first-order valence-electron chi connectivity index (χ1n) is 9.56. The molecule has 5 heteroatoms. The molecule has 0 N–H and O–H groups in total. The summed E-state index contributed by atoms with van der Waals surface area (Å²) in [5.74, 6) is 1.47. The van der Waals surface area contributed by atoms with Crippen LogP contribution in [0.2, 0.25) is 0 Å². The van der Waals surface area contributed by atoms with Gasteiger partial charge in [0.2, 0.25) is 0 Å². The van der Waals surface area contributed by atoms with Gasteiger partial charge in [-0.05, 0) is 49.3 Å². The van der Waals surface area contributed by atoms with Crippen molar-refractivity contribution in [1.29, 1.82) is 0 Å². The number of pyridine rings is 2. The molecule has 0 spiro atoms. The van der Waals surface area contributed by atoms with Crippen LogP contribution in [0.3, 0.4) is 0 Å². The van der Waals surface area contributed by atoms with Crippen molar-refractivity contribution in [3.05, 3.63) is 46.5 Å². The van der Waals surface area contributed by atoms with Crippen LogP contribution in [0.5, 0.6) is 5.75 Å². The molecule has 0 fully saturated rings. The van der Waals surface area contributed by atoms with Crippen LogP contribution < -0.4 is 10.3 Å². The van der Waals surface area contributed by atoms with Crippen molar-refractivity contribution >= 4 is 21.7 Å². The van der Waals surface area contributed by atoms with Crippen LogP contribution in [0.15, 0.2) is 35.3 Å². The smallest absolute Gasteiger partial charge is 0.260 e. The number of hydrogen-bond donors (Lipinski definition) is 0. The molecule has 3 rings (SSSR count). The number of benzene rings is 1. The summed E-state index contributed by atoms with van der Waals surface area (Å²) < 4.78 is 12.9. The first kappa shape index (κ1) is 19.4. The van der Waals surface area contributed by atoms with Crippen LogP contribution in [-0.2, 0) is 11.3 Å². The Morgan fingerprint density at radius 2 is 1.96 bits per heavy atom. The van der Waals surface area contributed by atoms with Crippen molar-refractivity contribution in [1.82, 2.24) is 9.55 Å². The van der Waals surface area contributed by atoms with Crippen molar-refractivity contribution in [2.45, 2.75) is 40.2 Å². The minimum Gasteiger partial charge on any atom is -0.494 e. The van der Waals surface area contributed by atoms with E-state index in [1.807, 2.05) is 31.2 Å². The van der Waals surface area contributed by atoms with Crippen LogP contribution in [0.4, 0.5) is 0 Å². The highest BCUT2D eigenvalue weighted by Crippen LogP contribution is 2.27. The average Bonchev–Trinajstić information content (AvgIpc) is 2.65. The van der Waals surface area contributed by atoms with E-state index in [9.17, 15) is 4.79 Å². The highest BCUT2D eigenvalue weighted by molar-refractivity contribution is 6.06.